The largest absolute Gasteiger partial charge is 0.372 e. The standard InChI is InChI=1S/C13H23N5O3S/c1-4-17(5-2)22(19,20)18-8-9-21-11(10-18)12-13(14-3)16-7-6-15-12/h6-7,11H,4-5,8-10H2,1-3H3,(H,14,16)/t11-/m1/s1. The van der Waals surface area contributed by atoms with E-state index in [2.05, 4.69) is 15.3 Å². The summed E-state index contributed by atoms with van der Waals surface area (Å²) in [7, 11) is -1.72. The number of hydrogen-bond acceptors (Lipinski definition) is 6. The molecule has 0 bridgehead atoms. The van der Waals surface area contributed by atoms with Crippen LogP contribution >= 0.6 is 0 Å². The molecular weight excluding hydrogens is 306 g/mol. The molecule has 8 nitrogen and oxygen atoms in total. The zero-order valence-corrected chi connectivity index (χ0v) is 14.0. The lowest BCUT2D eigenvalue weighted by Crippen LogP contribution is -2.49. The predicted molar refractivity (Wildman–Crippen MR) is 83.7 cm³/mol. The van der Waals surface area contributed by atoms with Crippen LogP contribution in [0.25, 0.3) is 0 Å². The Bertz CT molecular complexity index is 591. The van der Waals surface area contributed by atoms with E-state index in [4.69, 9.17) is 4.74 Å². The average molecular weight is 329 g/mol. The number of nitrogens with zero attached hydrogens (tertiary/aromatic N) is 4. The Morgan fingerprint density at radius 2 is 2.05 bits per heavy atom. The van der Waals surface area contributed by atoms with Gasteiger partial charge >= 0.3 is 0 Å². The van der Waals surface area contributed by atoms with Gasteiger partial charge in [0.2, 0.25) is 0 Å². The monoisotopic (exact) mass is 329 g/mol. The van der Waals surface area contributed by atoms with E-state index in [0.29, 0.717) is 37.8 Å². The molecule has 0 unspecified atom stereocenters. The van der Waals surface area contributed by atoms with Crippen molar-refractivity contribution in [1.82, 2.24) is 18.6 Å². The molecule has 124 valence electrons. The summed E-state index contributed by atoms with van der Waals surface area (Å²) in [6, 6.07) is 0. The van der Waals surface area contributed by atoms with E-state index in [1.165, 1.54) is 8.61 Å². The van der Waals surface area contributed by atoms with Crippen molar-refractivity contribution in [2.75, 3.05) is 45.2 Å². The Hall–Kier alpha value is -1.29. The quantitative estimate of drug-likeness (QED) is 0.817. The topological polar surface area (TPSA) is 87.7 Å². The molecule has 1 saturated heterocycles. The van der Waals surface area contributed by atoms with E-state index < -0.39 is 16.3 Å². The van der Waals surface area contributed by atoms with Gasteiger partial charge in [-0.15, -0.1) is 0 Å². The molecule has 1 aliphatic heterocycles. The number of ether oxygens (including phenoxy) is 1. The van der Waals surface area contributed by atoms with E-state index in [-0.39, 0.29) is 6.54 Å². The minimum atomic E-state index is -3.47. The lowest BCUT2D eigenvalue weighted by Gasteiger charge is -2.35. The summed E-state index contributed by atoms with van der Waals surface area (Å²) < 4.78 is 33.9. The average Bonchev–Trinajstić information content (AvgIpc) is 2.55. The maximum atomic E-state index is 12.6. The van der Waals surface area contributed by atoms with Gasteiger partial charge in [0, 0.05) is 45.6 Å². The molecule has 1 aromatic rings. The minimum absolute atomic E-state index is 0.242. The summed E-state index contributed by atoms with van der Waals surface area (Å²) in [6.45, 7) is 5.50. The van der Waals surface area contributed by atoms with Crippen molar-refractivity contribution in [2.45, 2.75) is 20.0 Å². The van der Waals surface area contributed by atoms with Crippen LogP contribution < -0.4 is 5.32 Å². The first-order valence-electron chi connectivity index (χ1n) is 7.40. The van der Waals surface area contributed by atoms with Crippen LogP contribution in [0.1, 0.15) is 25.6 Å². The Labute approximate surface area is 131 Å². The van der Waals surface area contributed by atoms with Crippen molar-refractivity contribution >= 4 is 16.0 Å². The summed E-state index contributed by atoms with van der Waals surface area (Å²) >= 11 is 0. The molecule has 0 radical (unpaired) electrons. The minimum Gasteiger partial charge on any atom is -0.372 e. The first-order chi connectivity index (χ1) is 10.5. The van der Waals surface area contributed by atoms with Crippen LogP contribution in [-0.4, -0.2) is 66.8 Å². The highest BCUT2D eigenvalue weighted by molar-refractivity contribution is 7.86. The van der Waals surface area contributed by atoms with Crippen molar-refractivity contribution in [3.05, 3.63) is 18.1 Å². The number of nitrogens with one attached hydrogen (secondary N) is 1. The van der Waals surface area contributed by atoms with E-state index in [0.717, 1.165) is 0 Å². The highest BCUT2D eigenvalue weighted by Gasteiger charge is 2.34. The molecular formula is C13H23N5O3S. The van der Waals surface area contributed by atoms with E-state index >= 15 is 0 Å². The normalized spacial score (nSPS) is 20.3. The number of anilines is 1. The second kappa shape index (κ2) is 7.32. The Morgan fingerprint density at radius 3 is 2.68 bits per heavy atom. The smallest absolute Gasteiger partial charge is 0.282 e. The Balaban J connectivity index is 2.22. The third kappa shape index (κ3) is 3.37. The van der Waals surface area contributed by atoms with Crippen molar-refractivity contribution in [3.63, 3.8) is 0 Å². The van der Waals surface area contributed by atoms with Gasteiger partial charge < -0.3 is 10.1 Å². The first kappa shape index (κ1) is 17.1. The molecule has 1 aromatic heterocycles. The van der Waals surface area contributed by atoms with Gasteiger partial charge in [0.1, 0.15) is 17.6 Å². The number of rotatable bonds is 6. The molecule has 22 heavy (non-hydrogen) atoms. The molecule has 1 aliphatic rings. The summed E-state index contributed by atoms with van der Waals surface area (Å²) in [5, 5.41) is 2.96. The molecule has 0 aliphatic carbocycles. The van der Waals surface area contributed by atoms with E-state index in [1.807, 2.05) is 13.8 Å². The molecule has 2 rings (SSSR count). The second-order valence-corrected chi connectivity index (χ2v) is 6.78. The van der Waals surface area contributed by atoms with Crippen LogP contribution in [0.15, 0.2) is 12.4 Å². The van der Waals surface area contributed by atoms with Crippen LogP contribution in [-0.2, 0) is 14.9 Å². The highest BCUT2D eigenvalue weighted by atomic mass is 32.2. The molecule has 0 aromatic carbocycles. The van der Waals surface area contributed by atoms with Gasteiger partial charge in [-0.25, -0.2) is 4.98 Å². The predicted octanol–water partition coefficient (Wildman–Crippen LogP) is 0.478. The van der Waals surface area contributed by atoms with Crippen molar-refractivity contribution in [3.8, 4) is 0 Å². The van der Waals surface area contributed by atoms with Crippen LogP contribution in [0, 0.1) is 0 Å². The zero-order chi connectivity index (χ0) is 16.2. The van der Waals surface area contributed by atoms with E-state index in [9.17, 15) is 8.42 Å². The summed E-state index contributed by atoms with van der Waals surface area (Å²) in [5.41, 5.74) is 0.629. The Kier molecular flexibility index (Phi) is 5.68. The van der Waals surface area contributed by atoms with Crippen molar-refractivity contribution in [1.29, 1.82) is 0 Å². The fourth-order valence-electron chi connectivity index (χ4n) is 2.49. The zero-order valence-electron chi connectivity index (χ0n) is 13.2. The maximum Gasteiger partial charge on any atom is 0.282 e. The third-order valence-electron chi connectivity index (χ3n) is 3.66. The van der Waals surface area contributed by atoms with Gasteiger partial charge in [0.05, 0.1) is 6.61 Å². The fourth-order valence-corrected chi connectivity index (χ4v) is 4.10. The third-order valence-corrected chi connectivity index (χ3v) is 5.81. The first-order valence-corrected chi connectivity index (χ1v) is 8.79. The maximum absolute atomic E-state index is 12.6. The van der Waals surface area contributed by atoms with Gasteiger partial charge in [-0.05, 0) is 0 Å². The van der Waals surface area contributed by atoms with Crippen LogP contribution in [0.4, 0.5) is 5.82 Å². The summed E-state index contributed by atoms with van der Waals surface area (Å²) in [5.74, 6) is 0.606. The van der Waals surface area contributed by atoms with Crippen LogP contribution in [0.2, 0.25) is 0 Å². The number of hydrogen-bond donors (Lipinski definition) is 1. The molecule has 9 heteroatoms. The molecule has 1 fully saturated rings. The van der Waals surface area contributed by atoms with E-state index in [1.54, 1.807) is 19.4 Å². The van der Waals surface area contributed by atoms with Gasteiger partial charge in [0.25, 0.3) is 10.2 Å². The molecule has 0 spiro atoms. The fraction of sp³-hybridized carbons (Fsp3) is 0.692. The molecule has 1 N–H and O–H groups in total. The second-order valence-electron chi connectivity index (χ2n) is 4.85. The SMILES string of the molecule is CCN(CC)S(=O)(=O)N1CCO[C@@H](c2nccnc2NC)C1. The molecule has 0 amide bonds. The van der Waals surface area contributed by atoms with Gasteiger partial charge in [-0.3, -0.25) is 4.98 Å². The summed E-state index contributed by atoms with van der Waals surface area (Å²) in [4.78, 5) is 8.48. The molecule has 2 heterocycles. The lowest BCUT2D eigenvalue weighted by molar-refractivity contribution is -0.00633. The van der Waals surface area contributed by atoms with Gasteiger partial charge in [-0.2, -0.15) is 17.0 Å². The summed E-state index contributed by atoms with van der Waals surface area (Å²) in [6.07, 6.45) is 2.75. The van der Waals surface area contributed by atoms with Gasteiger partial charge in [0.15, 0.2) is 0 Å². The lowest BCUT2D eigenvalue weighted by atomic mass is 10.2. The van der Waals surface area contributed by atoms with Crippen molar-refractivity contribution < 1.29 is 13.2 Å². The highest BCUT2D eigenvalue weighted by Crippen LogP contribution is 2.26. The number of morpholine rings is 1. The molecule has 1 atom stereocenters. The van der Waals surface area contributed by atoms with Crippen LogP contribution in [0.5, 0.6) is 0 Å². The molecule has 0 saturated carbocycles. The van der Waals surface area contributed by atoms with Crippen LogP contribution in [0.3, 0.4) is 0 Å². The van der Waals surface area contributed by atoms with Crippen molar-refractivity contribution in [2.24, 2.45) is 0 Å². The number of aromatic nitrogens is 2. The van der Waals surface area contributed by atoms with Gasteiger partial charge in [-0.1, -0.05) is 13.8 Å². The Morgan fingerprint density at radius 1 is 1.36 bits per heavy atom.